The molecule has 2 fully saturated rings. The molecule has 33 heavy (non-hydrogen) atoms. The number of hydrogen-bond acceptors (Lipinski definition) is 7. The lowest BCUT2D eigenvalue weighted by Gasteiger charge is -2.37. The number of nitrogens with zero attached hydrogens (tertiary/aromatic N) is 5. The second-order valence-corrected chi connectivity index (χ2v) is 9.19. The molecule has 1 aromatic carbocycles. The number of likely N-dealkylation sites (tertiary alicyclic amines) is 1. The van der Waals surface area contributed by atoms with Crippen molar-refractivity contribution in [3.05, 3.63) is 60.1 Å². The minimum absolute atomic E-state index is 0.00276. The first-order valence-electron chi connectivity index (χ1n) is 11.2. The number of carbonyl (C=O) groups is 2. The zero-order valence-electron chi connectivity index (χ0n) is 19.0. The summed E-state index contributed by atoms with van der Waals surface area (Å²) in [5.74, 6) is 0.349. The predicted molar refractivity (Wildman–Crippen MR) is 118 cm³/mol. The number of aromatic nitrogens is 4. The highest BCUT2D eigenvalue weighted by Crippen LogP contribution is 2.59. The van der Waals surface area contributed by atoms with Crippen LogP contribution in [0.2, 0.25) is 0 Å². The van der Waals surface area contributed by atoms with Crippen LogP contribution >= 0.6 is 0 Å². The van der Waals surface area contributed by atoms with E-state index in [4.69, 9.17) is 14.1 Å². The first-order valence-corrected chi connectivity index (χ1v) is 11.2. The molecule has 4 atom stereocenters. The van der Waals surface area contributed by atoms with Crippen molar-refractivity contribution in [2.45, 2.75) is 51.0 Å². The highest BCUT2D eigenvalue weighted by atomic mass is 16.5. The summed E-state index contributed by atoms with van der Waals surface area (Å²) in [6, 6.07) is 7.45. The van der Waals surface area contributed by atoms with Crippen LogP contribution in [0.25, 0.3) is 5.69 Å². The van der Waals surface area contributed by atoms with Gasteiger partial charge >= 0.3 is 5.97 Å². The summed E-state index contributed by atoms with van der Waals surface area (Å²) >= 11 is 0. The maximum Gasteiger partial charge on any atom is 0.312 e. The molecule has 2 aromatic heterocycles. The molecule has 0 radical (unpaired) electrons. The van der Waals surface area contributed by atoms with E-state index in [1.165, 1.54) is 11.9 Å². The summed E-state index contributed by atoms with van der Waals surface area (Å²) in [6.07, 6.45) is 7.26. The maximum atomic E-state index is 13.6. The third-order valence-electron chi connectivity index (χ3n) is 7.05. The molecule has 1 aliphatic heterocycles. The molecule has 0 N–H and O–H groups in total. The molecule has 5 rings (SSSR count). The number of oxazole rings is 1. The monoisotopic (exact) mass is 449 g/mol. The fourth-order valence-electron chi connectivity index (χ4n) is 4.82. The van der Waals surface area contributed by atoms with Crippen LogP contribution in [0.1, 0.15) is 66.9 Å². The van der Waals surface area contributed by atoms with E-state index in [0.717, 1.165) is 18.5 Å². The fourth-order valence-corrected chi connectivity index (χ4v) is 4.82. The van der Waals surface area contributed by atoms with Crippen molar-refractivity contribution in [3.8, 4) is 5.69 Å². The Morgan fingerprint density at radius 2 is 1.94 bits per heavy atom. The molecule has 1 aliphatic carbocycles. The van der Waals surface area contributed by atoms with Crippen LogP contribution in [0, 0.1) is 5.41 Å². The number of carbonyl (C=O) groups excluding carboxylic acids is 2. The van der Waals surface area contributed by atoms with Crippen molar-refractivity contribution in [2.24, 2.45) is 5.41 Å². The molecule has 1 amide bonds. The van der Waals surface area contributed by atoms with E-state index in [1.807, 2.05) is 30.0 Å². The average Bonchev–Trinajstić information content (AvgIpc) is 3.24. The lowest BCUT2D eigenvalue weighted by molar-refractivity contribution is -0.146. The van der Waals surface area contributed by atoms with Gasteiger partial charge in [0.1, 0.15) is 6.26 Å². The molecule has 2 aliphatic rings. The Morgan fingerprint density at radius 3 is 2.70 bits per heavy atom. The minimum Gasteiger partial charge on any atom is -0.469 e. The molecule has 0 bridgehead atoms. The van der Waals surface area contributed by atoms with Gasteiger partial charge in [-0.2, -0.15) is 15.0 Å². The number of benzene rings is 1. The largest absolute Gasteiger partial charge is 0.469 e. The van der Waals surface area contributed by atoms with Gasteiger partial charge in [-0.15, -0.1) is 0 Å². The third kappa shape index (κ3) is 3.71. The van der Waals surface area contributed by atoms with E-state index >= 15 is 0 Å². The highest BCUT2D eigenvalue weighted by Gasteiger charge is 2.59. The van der Waals surface area contributed by atoms with Crippen LogP contribution in [-0.4, -0.2) is 56.5 Å². The van der Waals surface area contributed by atoms with Crippen LogP contribution in [0.4, 0.5) is 0 Å². The van der Waals surface area contributed by atoms with Crippen molar-refractivity contribution >= 4 is 11.9 Å². The number of esters is 1. The van der Waals surface area contributed by atoms with Crippen LogP contribution in [0.5, 0.6) is 0 Å². The fraction of sp³-hybridized carbons (Fsp3) is 0.458. The Hall–Kier alpha value is -3.49. The van der Waals surface area contributed by atoms with Gasteiger partial charge in [0.2, 0.25) is 0 Å². The van der Waals surface area contributed by atoms with Gasteiger partial charge in [0.15, 0.2) is 5.89 Å². The SMILES string of the molecule is COC(=O)C1(C)CC1c1coc([C@@H]2CC[C@@H](C)N(C(=O)c3ccccc3-n3nccn3)C2)n1. The molecule has 1 saturated carbocycles. The maximum absolute atomic E-state index is 13.6. The topological polar surface area (TPSA) is 103 Å². The zero-order chi connectivity index (χ0) is 23.2. The smallest absolute Gasteiger partial charge is 0.312 e. The summed E-state index contributed by atoms with van der Waals surface area (Å²) in [5, 5.41) is 8.38. The van der Waals surface area contributed by atoms with Gasteiger partial charge in [-0.05, 0) is 45.2 Å². The molecule has 9 heteroatoms. The number of rotatable bonds is 5. The Labute approximate surface area is 191 Å². The highest BCUT2D eigenvalue weighted by molar-refractivity contribution is 5.98. The third-order valence-corrected chi connectivity index (χ3v) is 7.05. The lowest BCUT2D eigenvalue weighted by atomic mass is 9.92. The molecule has 9 nitrogen and oxygen atoms in total. The summed E-state index contributed by atoms with van der Waals surface area (Å²) in [6.45, 7) is 4.47. The number of para-hydroxylation sites is 1. The molecule has 1 saturated heterocycles. The van der Waals surface area contributed by atoms with Gasteiger partial charge < -0.3 is 14.1 Å². The van der Waals surface area contributed by atoms with Crippen molar-refractivity contribution in [1.82, 2.24) is 24.9 Å². The molecule has 172 valence electrons. The number of ether oxygens (including phenoxy) is 1. The normalized spacial score (nSPS) is 26.8. The van der Waals surface area contributed by atoms with E-state index in [0.29, 0.717) is 30.1 Å². The van der Waals surface area contributed by atoms with Crippen molar-refractivity contribution in [2.75, 3.05) is 13.7 Å². The van der Waals surface area contributed by atoms with Crippen LogP contribution in [-0.2, 0) is 9.53 Å². The van der Waals surface area contributed by atoms with Gasteiger partial charge in [0, 0.05) is 18.5 Å². The lowest BCUT2D eigenvalue weighted by Crippen LogP contribution is -2.45. The molecule has 2 unspecified atom stereocenters. The number of hydrogen-bond donors (Lipinski definition) is 0. The van der Waals surface area contributed by atoms with Crippen molar-refractivity contribution < 1.29 is 18.7 Å². The average molecular weight is 450 g/mol. The van der Waals surface area contributed by atoms with Gasteiger partial charge in [-0.1, -0.05) is 12.1 Å². The zero-order valence-corrected chi connectivity index (χ0v) is 19.0. The second kappa shape index (κ2) is 8.13. The van der Waals surface area contributed by atoms with Crippen molar-refractivity contribution in [1.29, 1.82) is 0 Å². The van der Waals surface area contributed by atoms with E-state index in [9.17, 15) is 9.59 Å². The van der Waals surface area contributed by atoms with E-state index < -0.39 is 5.41 Å². The number of piperidine rings is 1. The van der Waals surface area contributed by atoms with E-state index in [-0.39, 0.29) is 29.8 Å². The van der Waals surface area contributed by atoms with Gasteiger partial charge in [0.05, 0.1) is 47.8 Å². The molecular weight excluding hydrogens is 422 g/mol. The summed E-state index contributed by atoms with van der Waals surface area (Å²) in [4.78, 5) is 33.7. The molecular formula is C24H27N5O4. The molecule has 3 aromatic rings. The second-order valence-electron chi connectivity index (χ2n) is 9.19. The Kier molecular flexibility index (Phi) is 5.26. The molecule has 3 heterocycles. The first kappa shape index (κ1) is 21.4. The van der Waals surface area contributed by atoms with Gasteiger partial charge in [-0.3, -0.25) is 9.59 Å². The van der Waals surface area contributed by atoms with Crippen LogP contribution in [0.15, 0.2) is 47.3 Å². The quantitative estimate of drug-likeness (QED) is 0.550. The molecule has 0 spiro atoms. The number of methoxy groups -OCH3 is 1. The summed E-state index contributed by atoms with van der Waals surface area (Å²) in [7, 11) is 1.41. The first-order chi connectivity index (χ1) is 15.9. The van der Waals surface area contributed by atoms with Crippen LogP contribution < -0.4 is 0 Å². The summed E-state index contributed by atoms with van der Waals surface area (Å²) < 4.78 is 10.8. The Balaban J connectivity index is 1.35. The minimum atomic E-state index is -0.532. The van der Waals surface area contributed by atoms with E-state index in [2.05, 4.69) is 17.1 Å². The Bertz CT molecular complexity index is 1170. The van der Waals surface area contributed by atoms with Crippen LogP contribution in [0.3, 0.4) is 0 Å². The van der Waals surface area contributed by atoms with Gasteiger partial charge in [0.25, 0.3) is 5.91 Å². The number of amides is 1. The summed E-state index contributed by atoms with van der Waals surface area (Å²) in [5.41, 5.74) is 1.46. The van der Waals surface area contributed by atoms with Gasteiger partial charge in [-0.25, -0.2) is 4.98 Å². The van der Waals surface area contributed by atoms with Crippen molar-refractivity contribution in [3.63, 3.8) is 0 Å². The standard InChI is InChI=1S/C24H27N5O4/c1-15-8-9-16(21-27-19(14-33-21)18-12-24(18,2)23(31)32-3)13-28(15)22(30)17-6-4-5-7-20(17)29-25-10-11-26-29/h4-7,10-11,14-16,18H,8-9,12-13H2,1-3H3/t15-,16-,18?,24?/m1/s1. The predicted octanol–water partition coefficient (Wildman–Crippen LogP) is 3.33. The van der Waals surface area contributed by atoms with E-state index in [1.54, 1.807) is 24.7 Å². The Morgan fingerprint density at radius 1 is 1.18 bits per heavy atom.